The first-order valence-electron chi connectivity index (χ1n) is 5.67. The van der Waals surface area contributed by atoms with Crippen LogP contribution in [-0.4, -0.2) is 42.1 Å². The van der Waals surface area contributed by atoms with Gasteiger partial charge in [-0.2, -0.15) is 0 Å². The number of fused-ring (bicyclic) bond motifs is 1. The summed E-state index contributed by atoms with van der Waals surface area (Å²) in [5, 5.41) is 5.37. The van der Waals surface area contributed by atoms with Crippen molar-refractivity contribution < 1.29 is 8.42 Å². The van der Waals surface area contributed by atoms with E-state index in [-0.39, 0.29) is 23.6 Å². The molecule has 3 rings (SSSR count). The lowest BCUT2D eigenvalue weighted by molar-refractivity contribution is 0.410. The van der Waals surface area contributed by atoms with Crippen LogP contribution in [0, 0.1) is 0 Å². The van der Waals surface area contributed by atoms with Crippen molar-refractivity contribution in [2.45, 2.75) is 12.1 Å². The Labute approximate surface area is 111 Å². The molecule has 2 aliphatic rings. The van der Waals surface area contributed by atoms with Gasteiger partial charge in [-0.05, 0) is 24.4 Å². The molecule has 2 atom stereocenters. The van der Waals surface area contributed by atoms with Crippen molar-refractivity contribution in [2.75, 3.05) is 16.9 Å². The molecular weight excluding hydrogens is 270 g/mol. The van der Waals surface area contributed by atoms with E-state index in [1.165, 1.54) is 0 Å². The largest absolute Gasteiger partial charge is 0.355 e. The molecule has 2 fully saturated rings. The van der Waals surface area contributed by atoms with Crippen LogP contribution in [0.15, 0.2) is 30.3 Å². The summed E-state index contributed by atoms with van der Waals surface area (Å²) in [4.78, 5) is 0. The second kappa shape index (κ2) is 4.10. The number of hydrogen-bond acceptors (Lipinski definition) is 4. The third kappa shape index (κ3) is 2.04. The van der Waals surface area contributed by atoms with Crippen molar-refractivity contribution in [1.82, 2.24) is 10.3 Å². The lowest BCUT2D eigenvalue weighted by Gasteiger charge is -2.24. The van der Waals surface area contributed by atoms with Crippen LogP contribution < -0.4 is 10.7 Å². The van der Waals surface area contributed by atoms with Gasteiger partial charge in [0.1, 0.15) is 0 Å². The molecule has 7 heteroatoms. The molecule has 5 nitrogen and oxygen atoms in total. The van der Waals surface area contributed by atoms with Crippen molar-refractivity contribution in [3.05, 3.63) is 30.3 Å². The normalized spacial score (nSPS) is 28.9. The minimum absolute atomic E-state index is 0.0984. The third-order valence-corrected chi connectivity index (χ3v) is 5.24. The summed E-state index contributed by atoms with van der Waals surface area (Å²) >= 11 is 5.23. The molecule has 0 aliphatic carbocycles. The molecule has 2 heterocycles. The minimum Gasteiger partial charge on any atom is -0.355 e. The Balaban J connectivity index is 1.82. The van der Waals surface area contributed by atoms with E-state index in [1.54, 1.807) is 5.01 Å². The van der Waals surface area contributed by atoms with Crippen LogP contribution in [0.4, 0.5) is 5.69 Å². The van der Waals surface area contributed by atoms with E-state index in [0.717, 1.165) is 5.69 Å². The number of nitrogens with one attached hydrogen (secondary N) is 2. The van der Waals surface area contributed by atoms with E-state index in [0.29, 0.717) is 5.11 Å². The summed E-state index contributed by atoms with van der Waals surface area (Å²) < 4.78 is 23.2. The van der Waals surface area contributed by atoms with Gasteiger partial charge in [0, 0.05) is 0 Å². The first-order chi connectivity index (χ1) is 8.55. The smallest absolute Gasteiger partial charge is 0.188 e. The van der Waals surface area contributed by atoms with E-state index in [1.807, 2.05) is 30.3 Å². The first-order valence-corrected chi connectivity index (χ1v) is 7.90. The van der Waals surface area contributed by atoms with Gasteiger partial charge in [-0.1, -0.05) is 18.2 Å². The van der Waals surface area contributed by atoms with E-state index in [2.05, 4.69) is 10.7 Å². The monoisotopic (exact) mass is 283 g/mol. The molecular formula is C11H13N3O2S2. The van der Waals surface area contributed by atoms with Gasteiger partial charge in [-0.25, -0.2) is 8.42 Å². The molecule has 0 saturated carbocycles. The molecule has 2 N–H and O–H groups in total. The Hall–Kier alpha value is -1.34. The average Bonchev–Trinajstić information content (AvgIpc) is 2.74. The zero-order valence-electron chi connectivity index (χ0n) is 9.54. The summed E-state index contributed by atoms with van der Waals surface area (Å²) in [6.45, 7) is 0. The van der Waals surface area contributed by atoms with Crippen molar-refractivity contribution in [2.24, 2.45) is 0 Å². The van der Waals surface area contributed by atoms with Crippen LogP contribution in [-0.2, 0) is 9.84 Å². The van der Waals surface area contributed by atoms with Crippen molar-refractivity contribution in [3.63, 3.8) is 0 Å². The molecule has 0 spiro atoms. The summed E-state index contributed by atoms with van der Waals surface area (Å²) in [5.41, 5.74) is 4.06. The van der Waals surface area contributed by atoms with Gasteiger partial charge in [0.05, 0.1) is 29.3 Å². The molecule has 1 aromatic carbocycles. The fraction of sp³-hybridized carbons (Fsp3) is 0.364. The molecule has 0 aromatic heterocycles. The maximum atomic E-state index is 11.6. The van der Waals surface area contributed by atoms with Crippen molar-refractivity contribution in [1.29, 1.82) is 0 Å². The number of thiocarbonyl (C=S) groups is 1. The standard InChI is InChI=1S/C11H13N3O2S2/c15-18(16)6-9-10(7-18)14(11(17)12-9)13-8-4-2-1-3-5-8/h1-5,9-10,13H,6-7H2,(H,12,17)/t9-,10+/m1/s1. The van der Waals surface area contributed by atoms with Crippen LogP contribution in [0.5, 0.6) is 0 Å². The highest BCUT2D eigenvalue weighted by Crippen LogP contribution is 2.24. The van der Waals surface area contributed by atoms with Gasteiger partial charge < -0.3 is 5.32 Å². The van der Waals surface area contributed by atoms with E-state index >= 15 is 0 Å². The second-order valence-electron chi connectivity index (χ2n) is 4.55. The van der Waals surface area contributed by atoms with Gasteiger partial charge in [-0.15, -0.1) is 0 Å². The van der Waals surface area contributed by atoms with Crippen molar-refractivity contribution in [3.8, 4) is 0 Å². The maximum absolute atomic E-state index is 11.6. The third-order valence-electron chi connectivity index (χ3n) is 3.21. The Kier molecular flexibility index (Phi) is 2.67. The summed E-state index contributed by atoms with van der Waals surface area (Å²) in [5.74, 6) is 0.301. The Morgan fingerprint density at radius 1 is 1.28 bits per heavy atom. The second-order valence-corrected chi connectivity index (χ2v) is 7.09. The number of benzene rings is 1. The number of rotatable bonds is 2. The molecule has 0 radical (unpaired) electrons. The van der Waals surface area contributed by atoms with Crippen LogP contribution in [0.1, 0.15) is 0 Å². The minimum atomic E-state index is -2.96. The van der Waals surface area contributed by atoms with Crippen LogP contribution in [0.3, 0.4) is 0 Å². The van der Waals surface area contributed by atoms with Gasteiger partial charge in [-0.3, -0.25) is 10.4 Å². The lowest BCUT2D eigenvalue weighted by atomic mass is 10.2. The topological polar surface area (TPSA) is 61.4 Å². The van der Waals surface area contributed by atoms with E-state index in [9.17, 15) is 8.42 Å². The van der Waals surface area contributed by atoms with Crippen LogP contribution in [0.2, 0.25) is 0 Å². The number of sulfone groups is 1. The van der Waals surface area contributed by atoms with Crippen LogP contribution >= 0.6 is 12.2 Å². The molecule has 0 unspecified atom stereocenters. The highest BCUT2D eigenvalue weighted by atomic mass is 32.2. The van der Waals surface area contributed by atoms with Gasteiger partial charge in [0.2, 0.25) is 0 Å². The number of hydrazine groups is 1. The van der Waals surface area contributed by atoms with Crippen molar-refractivity contribution >= 4 is 32.9 Å². The highest BCUT2D eigenvalue weighted by molar-refractivity contribution is 7.91. The Morgan fingerprint density at radius 3 is 2.72 bits per heavy atom. The maximum Gasteiger partial charge on any atom is 0.188 e. The molecule has 0 bridgehead atoms. The molecule has 0 amide bonds. The summed E-state index contributed by atoms with van der Waals surface area (Å²) in [6, 6.07) is 9.37. The fourth-order valence-corrected chi connectivity index (χ4v) is 4.61. The quantitative estimate of drug-likeness (QED) is 0.765. The molecule has 96 valence electrons. The molecule has 2 saturated heterocycles. The predicted molar refractivity (Wildman–Crippen MR) is 73.9 cm³/mol. The van der Waals surface area contributed by atoms with Gasteiger partial charge in [0.25, 0.3) is 0 Å². The fourth-order valence-electron chi connectivity index (χ4n) is 2.39. The molecule has 2 aliphatic heterocycles. The first kappa shape index (κ1) is 11.7. The average molecular weight is 283 g/mol. The van der Waals surface area contributed by atoms with Gasteiger partial charge >= 0.3 is 0 Å². The summed E-state index contributed by atoms with van der Waals surface area (Å²) in [6.07, 6.45) is 0. The number of hydrogen-bond donors (Lipinski definition) is 2. The lowest BCUT2D eigenvalue weighted by Crippen LogP contribution is -2.41. The molecule has 18 heavy (non-hydrogen) atoms. The van der Waals surface area contributed by atoms with E-state index in [4.69, 9.17) is 12.2 Å². The van der Waals surface area contributed by atoms with E-state index < -0.39 is 9.84 Å². The number of nitrogens with zero attached hydrogens (tertiary/aromatic N) is 1. The highest BCUT2D eigenvalue weighted by Gasteiger charge is 2.47. The zero-order chi connectivity index (χ0) is 12.8. The predicted octanol–water partition coefficient (Wildman–Crippen LogP) is 0.369. The zero-order valence-corrected chi connectivity index (χ0v) is 11.2. The summed E-state index contributed by atoms with van der Waals surface area (Å²) in [7, 11) is -2.96. The Morgan fingerprint density at radius 2 is 2.00 bits per heavy atom. The SMILES string of the molecule is O=S1(=O)C[C@H]2NC(=S)N(Nc3ccccc3)[C@H]2C1. The number of para-hydroxylation sites is 1. The number of anilines is 1. The van der Waals surface area contributed by atoms with Gasteiger partial charge in [0.15, 0.2) is 14.9 Å². The van der Waals surface area contributed by atoms with Crippen LogP contribution in [0.25, 0.3) is 0 Å². The Bertz CT molecular complexity index is 573. The molecule has 1 aromatic rings.